The standard InChI is InChI=1S/C24H37ClN2O4S.ClH/c1-3-19-32(29,30)27-17-15-26(16-18-27)24(12-6-4-5-7-13-24)14-11-21(28)20-9-8-10-22(31-2)23(20)25;/h8-10H,3-7,11-19H2,1-2H3;1H. The first-order chi connectivity index (χ1) is 15.3. The van der Waals surface area contributed by atoms with Crippen LogP contribution in [0.3, 0.4) is 0 Å². The van der Waals surface area contributed by atoms with E-state index in [-0.39, 0.29) is 29.5 Å². The van der Waals surface area contributed by atoms with Crippen LogP contribution < -0.4 is 4.74 Å². The van der Waals surface area contributed by atoms with Crippen molar-refractivity contribution in [1.29, 1.82) is 0 Å². The second kappa shape index (κ2) is 12.7. The van der Waals surface area contributed by atoms with Gasteiger partial charge in [-0.25, -0.2) is 8.42 Å². The summed E-state index contributed by atoms with van der Waals surface area (Å²) in [5.74, 6) is 0.779. The zero-order valence-electron chi connectivity index (χ0n) is 19.9. The molecular formula is C24H38Cl2N2O4S. The second-order valence-corrected chi connectivity index (χ2v) is 11.6. The van der Waals surface area contributed by atoms with Crippen LogP contribution in [0.5, 0.6) is 5.75 Å². The number of carbonyl (C=O) groups excluding carboxylic acids is 1. The van der Waals surface area contributed by atoms with Crippen LogP contribution in [-0.2, 0) is 10.0 Å². The molecule has 1 aliphatic heterocycles. The third-order valence-corrected chi connectivity index (χ3v) is 9.57. The van der Waals surface area contributed by atoms with Crippen LogP contribution in [0.2, 0.25) is 5.02 Å². The predicted octanol–water partition coefficient (Wildman–Crippen LogP) is 5.18. The van der Waals surface area contributed by atoms with E-state index in [1.165, 1.54) is 12.8 Å². The van der Waals surface area contributed by atoms with Crippen LogP contribution in [0.25, 0.3) is 0 Å². The van der Waals surface area contributed by atoms with Gasteiger partial charge in [-0.3, -0.25) is 9.69 Å². The Labute approximate surface area is 210 Å². The van der Waals surface area contributed by atoms with E-state index in [0.29, 0.717) is 42.3 Å². The Balaban J connectivity index is 0.00000385. The van der Waals surface area contributed by atoms with Gasteiger partial charge in [-0.05, 0) is 37.8 Å². The summed E-state index contributed by atoms with van der Waals surface area (Å²) in [5, 5.41) is 0.379. The van der Waals surface area contributed by atoms with Gasteiger partial charge in [0.15, 0.2) is 5.78 Å². The van der Waals surface area contributed by atoms with Gasteiger partial charge in [0.05, 0.1) is 17.9 Å². The number of ketones is 1. The van der Waals surface area contributed by atoms with Crippen LogP contribution in [0.1, 0.15) is 75.1 Å². The van der Waals surface area contributed by atoms with E-state index in [0.717, 1.165) is 45.2 Å². The first-order valence-corrected chi connectivity index (χ1v) is 13.9. The lowest BCUT2D eigenvalue weighted by Crippen LogP contribution is -2.58. The van der Waals surface area contributed by atoms with E-state index in [9.17, 15) is 13.2 Å². The minimum atomic E-state index is -3.16. The maximum absolute atomic E-state index is 13.1. The normalized spacial score (nSPS) is 20.0. The van der Waals surface area contributed by atoms with Gasteiger partial charge in [0.25, 0.3) is 0 Å². The average Bonchev–Trinajstić information content (AvgIpc) is 3.04. The molecule has 6 nitrogen and oxygen atoms in total. The van der Waals surface area contributed by atoms with E-state index < -0.39 is 10.0 Å². The Morgan fingerprint density at radius 2 is 1.73 bits per heavy atom. The van der Waals surface area contributed by atoms with Gasteiger partial charge in [0, 0.05) is 43.7 Å². The number of halogens is 2. The van der Waals surface area contributed by atoms with Crippen LogP contribution in [0.4, 0.5) is 0 Å². The molecule has 9 heteroatoms. The van der Waals surface area contributed by atoms with Crippen LogP contribution in [0.15, 0.2) is 18.2 Å². The molecule has 0 radical (unpaired) electrons. The monoisotopic (exact) mass is 520 g/mol. The maximum Gasteiger partial charge on any atom is 0.214 e. The molecule has 1 aromatic carbocycles. The Morgan fingerprint density at radius 3 is 2.30 bits per heavy atom. The molecule has 0 atom stereocenters. The fraction of sp³-hybridized carbons (Fsp3) is 0.708. The number of nitrogens with zero attached hydrogens (tertiary/aromatic N) is 2. The minimum Gasteiger partial charge on any atom is -0.495 e. The summed E-state index contributed by atoms with van der Waals surface area (Å²) < 4.78 is 31.9. The van der Waals surface area contributed by atoms with Crippen molar-refractivity contribution in [3.05, 3.63) is 28.8 Å². The third kappa shape index (κ3) is 6.85. The number of carbonyl (C=O) groups is 1. The molecule has 1 aromatic rings. The van der Waals surface area contributed by atoms with Gasteiger partial charge < -0.3 is 4.74 Å². The zero-order valence-corrected chi connectivity index (χ0v) is 22.2. The average molecular weight is 522 g/mol. The second-order valence-electron chi connectivity index (χ2n) is 9.09. The summed E-state index contributed by atoms with van der Waals surface area (Å²) in [7, 11) is -1.61. The molecule has 1 saturated carbocycles. The lowest BCUT2D eigenvalue weighted by molar-refractivity contribution is 0.0320. The minimum absolute atomic E-state index is 0. The number of hydrogen-bond donors (Lipinski definition) is 0. The van der Waals surface area contributed by atoms with Crippen LogP contribution in [0, 0.1) is 0 Å². The number of piperazine rings is 1. The molecule has 3 rings (SSSR count). The molecule has 33 heavy (non-hydrogen) atoms. The molecule has 2 fully saturated rings. The largest absolute Gasteiger partial charge is 0.495 e. The SMILES string of the molecule is CCCS(=O)(=O)N1CCN(C2(CCC(=O)c3cccc(OC)c3Cl)CCCCCC2)CC1.Cl. The predicted molar refractivity (Wildman–Crippen MR) is 136 cm³/mol. The van der Waals surface area contributed by atoms with Gasteiger partial charge in [-0.1, -0.05) is 50.3 Å². The van der Waals surface area contributed by atoms with Crippen LogP contribution >= 0.6 is 24.0 Å². The van der Waals surface area contributed by atoms with Gasteiger partial charge >= 0.3 is 0 Å². The highest BCUT2D eigenvalue weighted by molar-refractivity contribution is 7.89. The molecule has 188 valence electrons. The molecule has 0 spiro atoms. The van der Waals surface area contributed by atoms with Crippen molar-refractivity contribution in [2.45, 2.75) is 70.3 Å². The molecule has 1 heterocycles. The quantitative estimate of drug-likeness (QED) is 0.331. The van der Waals surface area contributed by atoms with E-state index in [1.54, 1.807) is 29.6 Å². The van der Waals surface area contributed by atoms with Crippen molar-refractivity contribution < 1.29 is 17.9 Å². The molecule has 0 bridgehead atoms. The van der Waals surface area contributed by atoms with Crippen molar-refractivity contribution in [2.24, 2.45) is 0 Å². The van der Waals surface area contributed by atoms with Gasteiger partial charge in [-0.2, -0.15) is 4.31 Å². The van der Waals surface area contributed by atoms with Crippen molar-refractivity contribution in [3.8, 4) is 5.75 Å². The van der Waals surface area contributed by atoms with Crippen LogP contribution in [-0.4, -0.2) is 68.0 Å². The number of hydrogen-bond acceptors (Lipinski definition) is 5. The molecule has 2 aliphatic rings. The molecule has 0 amide bonds. The fourth-order valence-electron chi connectivity index (χ4n) is 5.30. The van der Waals surface area contributed by atoms with Crippen molar-refractivity contribution >= 4 is 39.8 Å². The Morgan fingerprint density at radius 1 is 1.09 bits per heavy atom. The summed E-state index contributed by atoms with van der Waals surface area (Å²) >= 11 is 6.40. The molecule has 0 unspecified atom stereocenters. The first kappa shape index (κ1) is 28.4. The van der Waals surface area contributed by atoms with Crippen molar-refractivity contribution in [1.82, 2.24) is 9.21 Å². The van der Waals surface area contributed by atoms with Gasteiger partial charge in [0.1, 0.15) is 5.75 Å². The zero-order chi connectivity index (χ0) is 23.2. The number of methoxy groups -OCH3 is 1. The van der Waals surface area contributed by atoms with Crippen molar-refractivity contribution in [3.63, 3.8) is 0 Å². The molecular weight excluding hydrogens is 483 g/mol. The number of rotatable bonds is 9. The Bertz CT molecular complexity index is 878. The topological polar surface area (TPSA) is 66.9 Å². The number of benzene rings is 1. The third-order valence-electron chi connectivity index (χ3n) is 7.10. The Kier molecular flexibility index (Phi) is 10.9. The van der Waals surface area contributed by atoms with Gasteiger partial charge in [0.2, 0.25) is 10.0 Å². The lowest BCUT2D eigenvalue weighted by Gasteiger charge is -2.48. The molecule has 1 saturated heterocycles. The first-order valence-electron chi connectivity index (χ1n) is 11.9. The number of sulfonamides is 1. The van der Waals surface area contributed by atoms with Crippen molar-refractivity contribution in [2.75, 3.05) is 39.0 Å². The van der Waals surface area contributed by atoms with E-state index in [1.807, 2.05) is 6.92 Å². The summed E-state index contributed by atoms with van der Waals surface area (Å²) in [6.45, 7) is 4.45. The molecule has 0 aromatic heterocycles. The summed E-state index contributed by atoms with van der Waals surface area (Å²) in [6.07, 6.45) is 8.74. The number of Topliss-reactive ketones (excluding diaryl/α,β-unsaturated/α-hetero) is 1. The smallest absolute Gasteiger partial charge is 0.214 e. The summed E-state index contributed by atoms with van der Waals surface area (Å²) in [5.41, 5.74) is 0.475. The lowest BCUT2D eigenvalue weighted by atomic mass is 9.82. The molecule has 0 N–H and O–H groups in total. The fourth-order valence-corrected chi connectivity index (χ4v) is 7.11. The van der Waals surface area contributed by atoms with E-state index in [2.05, 4.69) is 4.90 Å². The van der Waals surface area contributed by atoms with Gasteiger partial charge in [-0.15, -0.1) is 12.4 Å². The summed E-state index contributed by atoms with van der Waals surface area (Å²) in [6, 6.07) is 5.33. The molecule has 1 aliphatic carbocycles. The van der Waals surface area contributed by atoms with E-state index >= 15 is 0 Å². The Hall–Kier alpha value is -0.860. The maximum atomic E-state index is 13.1. The highest BCUT2D eigenvalue weighted by Crippen LogP contribution is 2.38. The summed E-state index contributed by atoms with van der Waals surface area (Å²) in [4.78, 5) is 15.6. The highest BCUT2D eigenvalue weighted by Gasteiger charge is 2.40. The number of ether oxygens (including phenoxy) is 1. The van der Waals surface area contributed by atoms with E-state index in [4.69, 9.17) is 16.3 Å². The highest BCUT2D eigenvalue weighted by atomic mass is 35.5.